The maximum atomic E-state index is 12.7. The second-order valence-electron chi connectivity index (χ2n) is 3.79. The van der Waals surface area contributed by atoms with Crippen molar-refractivity contribution >= 4 is 22.9 Å². The Morgan fingerprint density at radius 3 is 2.47 bits per heavy atom. The molecule has 1 aliphatic heterocycles. The van der Waals surface area contributed by atoms with E-state index in [0.717, 1.165) is 17.3 Å². The smallest absolute Gasteiger partial charge is 0.273 e. The van der Waals surface area contributed by atoms with Crippen LogP contribution in [0.5, 0.6) is 0 Å². The summed E-state index contributed by atoms with van der Waals surface area (Å²) in [6.07, 6.45) is 0.464. The summed E-state index contributed by atoms with van der Waals surface area (Å²) in [5.41, 5.74) is 0.864. The highest BCUT2D eigenvalue weighted by molar-refractivity contribution is 8.15. The highest BCUT2D eigenvalue weighted by atomic mass is 32.2. The van der Waals surface area contributed by atoms with Crippen LogP contribution in [0.1, 0.15) is 12.5 Å². The van der Waals surface area contributed by atoms with Crippen LogP contribution in [0.25, 0.3) is 0 Å². The largest absolute Gasteiger partial charge is 0.289 e. The molecule has 0 N–H and O–H groups in total. The summed E-state index contributed by atoms with van der Waals surface area (Å²) in [7, 11) is 0. The summed E-state index contributed by atoms with van der Waals surface area (Å²) in [5, 5.41) is -0.558. The van der Waals surface area contributed by atoms with Gasteiger partial charge in [-0.2, -0.15) is 0 Å². The fraction of sp³-hybridized carbons (Fsp3) is 0.333. The van der Waals surface area contributed by atoms with E-state index in [-0.39, 0.29) is 22.2 Å². The maximum Gasteiger partial charge on any atom is 0.289 e. The molecule has 3 nitrogen and oxygen atoms in total. The van der Waals surface area contributed by atoms with Crippen molar-refractivity contribution in [1.82, 2.24) is 4.90 Å². The number of benzene rings is 1. The number of hydrogen-bond donors (Lipinski definition) is 0. The molecule has 0 unspecified atom stereocenters. The van der Waals surface area contributed by atoms with Gasteiger partial charge in [0, 0.05) is 6.54 Å². The molecular formula is C12H12FNO2S. The first-order valence-corrected chi connectivity index (χ1v) is 6.26. The number of amides is 2. The Hall–Kier alpha value is -1.36. The second-order valence-corrected chi connectivity index (χ2v) is 4.94. The Labute approximate surface area is 103 Å². The fourth-order valence-electron chi connectivity index (χ4n) is 1.75. The zero-order chi connectivity index (χ0) is 12.4. The van der Waals surface area contributed by atoms with Crippen LogP contribution < -0.4 is 0 Å². The standard InChI is InChI=1S/C12H12FNO2S/c1-2-14-11(15)10(17-12(14)16)7-8-3-5-9(13)6-4-8/h3-6,10H,2,7H2,1H3/t10-/m0/s1. The SMILES string of the molecule is CCN1C(=O)S[C@@H](Cc2ccc(F)cc2)C1=O. The normalized spacial score (nSPS) is 20.1. The number of nitrogens with zero attached hydrogens (tertiary/aromatic N) is 1. The van der Waals surface area contributed by atoms with Crippen molar-refractivity contribution in [2.45, 2.75) is 18.6 Å². The van der Waals surface area contributed by atoms with Gasteiger partial charge in [-0.25, -0.2) is 4.39 Å². The average Bonchev–Trinajstić information content (AvgIpc) is 2.57. The van der Waals surface area contributed by atoms with Gasteiger partial charge in [0.05, 0.1) is 5.25 Å². The van der Waals surface area contributed by atoms with Gasteiger partial charge in [-0.1, -0.05) is 23.9 Å². The first kappa shape index (κ1) is 12.1. The van der Waals surface area contributed by atoms with Crippen molar-refractivity contribution in [2.24, 2.45) is 0 Å². The third-order valence-electron chi connectivity index (χ3n) is 2.66. The topological polar surface area (TPSA) is 37.4 Å². The molecule has 0 spiro atoms. The summed E-state index contributed by atoms with van der Waals surface area (Å²) >= 11 is 1.05. The van der Waals surface area contributed by atoms with E-state index < -0.39 is 0 Å². The first-order chi connectivity index (χ1) is 8.11. The van der Waals surface area contributed by atoms with Gasteiger partial charge in [0.25, 0.3) is 5.24 Å². The van der Waals surface area contributed by atoms with Crippen LogP contribution in [-0.2, 0) is 11.2 Å². The van der Waals surface area contributed by atoms with E-state index in [1.165, 1.54) is 17.0 Å². The minimum absolute atomic E-state index is 0.146. The lowest BCUT2D eigenvalue weighted by atomic mass is 10.1. The van der Waals surface area contributed by atoms with Crippen molar-refractivity contribution in [2.75, 3.05) is 6.54 Å². The number of thioether (sulfide) groups is 1. The third-order valence-corrected chi connectivity index (χ3v) is 3.73. The van der Waals surface area contributed by atoms with E-state index in [1.54, 1.807) is 19.1 Å². The molecule has 1 atom stereocenters. The lowest BCUT2D eigenvalue weighted by molar-refractivity contribution is -0.126. The van der Waals surface area contributed by atoms with E-state index in [9.17, 15) is 14.0 Å². The molecule has 2 amide bonds. The molecule has 1 fully saturated rings. The summed E-state index contributed by atoms with van der Waals surface area (Å²) in [5.74, 6) is -0.447. The molecule has 1 aromatic carbocycles. The molecule has 0 radical (unpaired) electrons. The van der Waals surface area contributed by atoms with E-state index >= 15 is 0 Å². The monoisotopic (exact) mass is 253 g/mol. The molecule has 1 aliphatic rings. The van der Waals surface area contributed by atoms with Crippen molar-refractivity contribution in [3.8, 4) is 0 Å². The molecule has 2 rings (SSSR count). The molecule has 0 aromatic heterocycles. The number of rotatable bonds is 3. The Morgan fingerprint density at radius 1 is 1.29 bits per heavy atom. The molecule has 0 bridgehead atoms. The summed E-state index contributed by atoms with van der Waals surface area (Å²) in [6, 6.07) is 6.00. The van der Waals surface area contributed by atoms with Crippen molar-refractivity contribution in [1.29, 1.82) is 0 Å². The van der Waals surface area contributed by atoms with E-state index in [2.05, 4.69) is 0 Å². The molecule has 1 saturated heterocycles. The lowest BCUT2D eigenvalue weighted by Crippen LogP contribution is -2.31. The number of carbonyl (C=O) groups excluding carboxylic acids is 2. The minimum Gasteiger partial charge on any atom is -0.273 e. The van der Waals surface area contributed by atoms with E-state index in [0.29, 0.717) is 13.0 Å². The highest BCUT2D eigenvalue weighted by Crippen LogP contribution is 2.29. The predicted molar refractivity (Wildman–Crippen MR) is 64.3 cm³/mol. The van der Waals surface area contributed by atoms with Gasteiger partial charge < -0.3 is 0 Å². The van der Waals surface area contributed by atoms with Crippen molar-refractivity contribution in [3.05, 3.63) is 35.6 Å². The fourth-order valence-corrected chi connectivity index (χ4v) is 2.84. The zero-order valence-electron chi connectivity index (χ0n) is 9.35. The van der Waals surface area contributed by atoms with Crippen LogP contribution in [0.15, 0.2) is 24.3 Å². The second kappa shape index (κ2) is 4.87. The highest BCUT2D eigenvalue weighted by Gasteiger charge is 2.38. The maximum absolute atomic E-state index is 12.7. The molecule has 17 heavy (non-hydrogen) atoms. The lowest BCUT2D eigenvalue weighted by Gasteiger charge is -2.10. The molecule has 1 heterocycles. The summed E-state index contributed by atoms with van der Waals surface area (Å²) < 4.78 is 12.7. The van der Waals surface area contributed by atoms with Crippen LogP contribution in [0.2, 0.25) is 0 Å². The van der Waals surface area contributed by atoms with E-state index in [4.69, 9.17) is 0 Å². The molecule has 0 saturated carbocycles. The van der Waals surface area contributed by atoms with Crippen LogP contribution in [0.4, 0.5) is 9.18 Å². The van der Waals surface area contributed by atoms with E-state index in [1.807, 2.05) is 0 Å². The van der Waals surface area contributed by atoms with Gasteiger partial charge in [-0.05, 0) is 31.0 Å². The Kier molecular flexibility index (Phi) is 3.47. The van der Waals surface area contributed by atoms with Crippen molar-refractivity contribution < 1.29 is 14.0 Å². The number of carbonyl (C=O) groups is 2. The quantitative estimate of drug-likeness (QED) is 0.830. The first-order valence-electron chi connectivity index (χ1n) is 5.38. The van der Waals surface area contributed by atoms with Crippen LogP contribution >= 0.6 is 11.8 Å². The number of halogens is 1. The molecule has 0 aliphatic carbocycles. The predicted octanol–water partition coefficient (Wildman–Crippen LogP) is 2.45. The Morgan fingerprint density at radius 2 is 1.94 bits per heavy atom. The Balaban J connectivity index is 2.08. The van der Waals surface area contributed by atoms with Gasteiger partial charge in [0.15, 0.2) is 0 Å². The number of hydrogen-bond acceptors (Lipinski definition) is 3. The summed E-state index contributed by atoms with van der Waals surface area (Å²) in [4.78, 5) is 24.6. The zero-order valence-corrected chi connectivity index (χ0v) is 10.2. The number of imide groups is 1. The van der Waals surface area contributed by atoms with Gasteiger partial charge in [-0.3, -0.25) is 14.5 Å². The molecule has 90 valence electrons. The molecule has 1 aromatic rings. The van der Waals surface area contributed by atoms with Gasteiger partial charge in [0.2, 0.25) is 5.91 Å². The molecule has 5 heteroatoms. The third kappa shape index (κ3) is 2.49. The average molecular weight is 253 g/mol. The minimum atomic E-state index is -0.368. The van der Waals surface area contributed by atoms with Crippen LogP contribution in [0, 0.1) is 5.82 Å². The van der Waals surface area contributed by atoms with Crippen LogP contribution in [0.3, 0.4) is 0 Å². The van der Waals surface area contributed by atoms with Gasteiger partial charge in [-0.15, -0.1) is 0 Å². The van der Waals surface area contributed by atoms with Gasteiger partial charge >= 0.3 is 0 Å². The molecular weight excluding hydrogens is 241 g/mol. The van der Waals surface area contributed by atoms with Gasteiger partial charge in [0.1, 0.15) is 5.82 Å². The summed E-state index contributed by atoms with van der Waals surface area (Å²) in [6.45, 7) is 2.18. The van der Waals surface area contributed by atoms with Crippen LogP contribution in [-0.4, -0.2) is 27.8 Å². The Bertz CT molecular complexity index is 446. The van der Waals surface area contributed by atoms with Crippen molar-refractivity contribution in [3.63, 3.8) is 0 Å².